The molecule has 0 fully saturated rings. The molecule has 38 valence electrons. The summed E-state index contributed by atoms with van der Waals surface area (Å²) in [5.74, 6) is 2.04. The number of rotatable bonds is 0. The van der Waals surface area contributed by atoms with Crippen molar-refractivity contribution in [3.05, 3.63) is 24.1 Å². The Hall–Kier alpha value is -0.130. The number of hydrogen-bond donors (Lipinski definition) is 0. The number of aromatic amines is 1. The molecule has 0 aliphatic carbocycles. The molecule has 0 unspecified atom stereocenters. The molecule has 0 aliphatic rings. The van der Waals surface area contributed by atoms with Gasteiger partial charge in [0.1, 0.15) is 0 Å². The first-order valence-electron chi connectivity index (χ1n) is 1.77. The number of hydrogen-bond acceptors (Lipinski definition) is 0. The van der Waals surface area contributed by atoms with E-state index in [4.69, 9.17) is 0 Å². The zero-order valence-electron chi connectivity index (χ0n) is 3.63. The van der Waals surface area contributed by atoms with Gasteiger partial charge in [0.25, 0.3) is 0 Å². The number of aromatic nitrogens is 1. The molecule has 7 heavy (non-hydrogen) atoms. The summed E-state index contributed by atoms with van der Waals surface area (Å²) in [5.41, 5.74) is 0. The molecule has 0 atom stereocenters. The molecule has 1 rings (SSSR count). The molecule has 1 aromatic rings. The highest BCUT2D eigenvalue weighted by molar-refractivity contribution is 7.20. The van der Waals surface area contributed by atoms with Gasteiger partial charge >= 0.3 is 0 Å². The Labute approximate surface area is 50.4 Å². The molecule has 0 saturated carbocycles. The average Bonchev–Trinajstić information content (AvgIpc) is 1.72. The smallest absolute Gasteiger partial charge is 0.241 e. The van der Waals surface area contributed by atoms with Crippen LogP contribution in [0.15, 0.2) is 24.1 Å². The van der Waals surface area contributed by atoms with Crippen LogP contribution in [0.1, 0.15) is 0 Å². The Morgan fingerprint density at radius 1 is 1.29 bits per heavy atom. The van der Waals surface area contributed by atoms with Crippen molar-refractivity contribution in [2.75, 3.05) is 0 Å². The van der Waals surface area contributed by atoms with Crippen LogP contribution in [0, 0.1) is 0 Å². The summed E-state index contributed by atoms with van der Waals surface area (Å²) in [6, 6.07) is 3.98. The van der Waals surface area contributed by atoms with Crippen LogP contribution in [0.4, 0.5) is 0 Å². The Kier molecular flexibility index (Phi) is 3.97. The third kappa shape index (κ3) is 2.55. The Morgan fingerprint density at radius 2 is 2.14 bits per heavy atom. The van der Waals surface area contributed by atoms with Crippen LogP contribution in [0.25, 0.3) is 0 Å². The first kappa shape index (κ1) is 6.87. The maximum absolute atomic E-state index is 2.99. The fraction of sp³-hybridized carbons (Fsp3) is 0. The van der Waals surface area contributed by atoms with Gasteiger partial charge in [-0.3, -0.25) is 0 Å². The quantitative estimate of drug-likeness (QED) is 0.392. The number of nitrogens with one attached hydrogen (secondary N) is 1. The van der Waals surface area contributed by atoms with E-state index < -0.39 is 0 Å². The number of halogens is 1. The van der Waals surface area contributed by atoms with E-state index in [1.807, 2.05) is 24.1 Å². The minimum Gasteiger partial charge on any atom is -1.00 e. The summed E-state index contributed by atoms with van der Waals surface area (Å²) < 4.78 is 2.99. The van der Waals surface area contributed by atoms with Crippen LogP contribution in [-0.4, -0.2) is 0 Å². The second-order valence-corrected chi connectivity index (χ2v) is 1.77. The minimum absolute atomic E-state index is 0. The lowest BCUT2D eigenvalue weighted by atomic mass is 10.7. The topological polar surface area (TPSA) is 14.1 Å². The molecule has 0 aliphatic heterocycles. The highest BCUT2D eigenvalue weighted by Crippen LogP contribution is 1.84. The predicted octanol–water partition coefficient (Wildman–Crippen LogP) is -1.92. The Balaban J connectivity index is 0.000000360. The molecule has 1 aromatic heterocycles. The molecular weight excluding hydrogens is 128 g/mol. The van der Waals surface area contributed by atoms with E-state index in [1.54, 1.807) is 0 Å². The SMILES string of the molecule is [Cl-].c1ccp[nH+]c1. The van der Waals surface area contributed by atoms with Crippen LogP contribution >= 0.6 is 8.35 Å². The van der Waals surface area contributed by atoms with Crippen molar-refractivity contribution < 1.29 is 17.2 Å². The summed E-state index contributed by atoms with van der Waals surface area (Å²) >= 11 is 0. The third-order valence-electron chi connectivity index (χ3n) is 0.517. The van der Waals surface area contributed by atoms with E-state index in [0.29, 0.717) is 0 Å². The van der Waals surface area contributed by atoms with Crippen LogP contribution in [0.5, 0.6) is 0 Å². The second-order valence-electron chi connectivity index (χ2n) is 0.959. The molecule has 0 amide bonds. The van der Waals surface area contributed by atoms with E-state index in [9.17, 15) is 0 Å². The normalized spacial score (nSPS) is 8.00. The maximum atomic E-state index is 2.99. The molecule has 3 heteroatoms. The van der Waals surface area contributed by atoms with E-state index in [0.717, 1.165) is 0 Å². The van der Waals surface area contributed by atoms with Gasteiger partial charge in [-0.2, -0.15) is 4.75 Å². The summed E-state index contributed by atoms with van der Waals surface area (Å²) in [6.45, 7) is 0. The van der Waals surface area contributed by atoms with Crippen molar-refractivity contribution >= 4 is 8.35 Å². The molecular formula is C4H5ClNP. The van der Waals surface area contributed by atoms with E-state index in [1.165, 1.54) is 8.35 Å². The fourth-order valence-electron chi connectivity index (χ4n) is 0.277. The van der Waals surface area contributed by atoms with Crippen molar-refractivity contribution in [1.29, 1.82) is 0 Å². The van der Waals surface area contributed by atoms with Crippen molar-refractivity contribution in [2.24, 2.45) is 0 Å². The zero-order valence-corrected chi connectivity index (χ0v) is 5.28. The summed E-state index contributed by atoms with van der Waals surface area (Å²) in [6.07, 6.45) is 1.92. The van der Waals surface area contributed by atoms with Crippen molar-refractivity contribution in [3.63, 3.8) is 0 Å². The van der Waals surface area contributed by atoms with Gasteiger partial charge in [0.05, 0.1) is 0 Å². The molecule has 0 radical (unpaired) electrons. The van der Waals surface area contributed by atoms with E-state index >= 15 is 0 Å². The molecule has 0 bridgehead atoms. The highest BCUT2D eigenvalue weighted by atomic mass is 35.5. The van der Waals surface area contributed by atoms with Gasteiger partial charge in [-0.05, 0) is 6.07 Å². The van der Waals surface area contributed by atoms with Crippen molar-refractivity contribution in [3.8, 4) is 0 Å². The van der Waals surface area contributed by atoms with E-state index in [-0.39, 0.29) is 12.4 Å². The Morgan fingerprint density at radius 3 is 2.29 bits per heavy atom. The Bertz CT molecular complexity index is 83.6. The van der Waals surface area contributed by atoms with Gasteiger partial charge in [-0.1, -0.05) is 0 Å². The zero-order chi connectivity index (χ0) is 4.24. The first-order valence-corrected chi connectivity index (χ1v) is 2.73. The van der Waals surface area contributed by atoms with Crippen LogP contribution in [0.2, 0.25) is 0 Å². The summed E-state index contributed by atoms with van der Waals surface area (Å²) in [5, 5.41) is 0. The van der Waals surface area contributed by atoms with Gasteiger partial charge in [-0.25, -0.2) is 0 Å². The van der Waals surface area contributed by atoms with E-state index in [2.05, 4.69) is 4.75 Å². The van der Waals surface area contributed by atoms with Crippen molar-refractivity contribution in [2.45, 2.75) is 0 Å². The molecule has 1 heterocycles. The molecule has 1 nitrogen and oxygen atoms in total. The highest BCUT2D eigenvalue weighted by Gasteiger charge is 1.68. The van der Waals surface area contributed by atoms with Gasteiger partial charge < -0.3 is 12.4 Å². The molecule has 0 aromatic carbocycles. The maximum Gasteiger partial charge on any atom is 0.241 e. The predicted molar refractivity (Wildman–Crippen MR) is 25.5 cm³/mol. The van der Waals surface area contributed by atoms with Gasteiger partial charge in [-0.15, -0.1) is 0 Å². The lowest BCUT2D eigenvalue weighted by Gasteiger charge is -1.61. The first-order chi connectivity index (χ1) is 3.00. The molecule has 1 N–H and O–H groups in total. The lowest BCUT2D eigenvalue weighted by Crippen LogP contribution is -3.00. The van der Waals surface area contributed by atoms with Crippen LogP contribution in [-0.2, 0) is 0 Å². The van der Waals surface area contributed by atoms with Gasteiger partial charge in [0.2, 0.25) is 8.35 Å². The molecule has 0 spiro atoms. The van der Waals surface area contributed by atoms with Gasteiger partial charge in [0, 0.05) is 11.9 Å². The number of H-pyrrole nitrogens is 1. The fourth-order valence-corrected chi connectivity index (χ4v) is 0.721. The van der Waals surface area contributed by atoms with Crippen LogP contribution in [0.3, 0.4) is 0 Å². The second kappa shape index (κ2) is 4.04. The minimum atomic E-state index is 0. The lowest BCUT2D eigenvalue weighted by molar-refractivity contribution is -0.289. The average molecular weight is 134 g/mol. The summed E-state index contributed by atoms with van der Waals surface area (Å²) in [7, 11) is 1.18. The standard InChI is InChI=1S/C4H4NP.ClH/c1-2-4-6-5-3-1;/h1-4H;1H. The summed E-state index contributed by atoms with van der Waals surface area (Å²) in [4.78, 5) is 0. The molecule has 0 saturated heterocycles. The van der Waals surface area contributed by atoms with Crippen LogP contribution < -0.4 is 17.2 Å². The van der Waals surface area contributed by atoms with Crippen molar-refractivity contribution in [1.82, 2.24) is 0 Å². The largest absolute Gasteiger partial charge is 1.00 e. The van der Waals surface area contributed by atoms with Gasteiger partial charge in [0.15, 0.2) is 6.20 Å². The third-order valence-corrected chi connectivity index (χ3v) is 1.14. The monoisotopic (exact) mass is 133 g/mol.